The Morgan fingerprint density at radius 2 is 2.06 bits per heavy atom. The molecule has 0 aromatic carbocycles. The predicted octanol–water partition coefficient (Wildman–Crippen LogP) is -0.840. The lowest BCUT2D eigenvalue weighted by molar-refractivity contribution is -0.126. The Balaban J connectivity index is 2.02. The number of hydrogen-bond donors (Lipinski definition) is 3. The van der Waals surface area contributed by atoms with Gasteiger partial charge in [0, 0.05) is 38.3 Å². The molecule has 17 heavy (non-hydrogen) atoms. The molecule has 1 aromatic rings. The number of rotatable bonds is 7. The van der Waals surface area contributed by atoms with E-state index in [1.165, 1.54) is 0 Å². The van der Waals surface area contributed by atoms with Gasteiger partial charge in [0.15, 0.2) is 0 Å². The van der Waals surface area contributed by atoms with Gasteiger partial charge in [-0.2, -0.15) is 0 Å². The van der Waals surface area contributed by atoms with Crippen LogP contribution in [0.15, 0.2) is 18.7 Å². The summed E-state index contributed by atoms with van der Waals surface area (Å²) in [4.78, 5) is 26.0. The zero-order valence-electron chi connectivity index (χ0n) is 9.56. The molecule has 0 aliphatic heterocycles. The number of aromatic nitrogens is 2. The van der Waals surface area contributed by atoms with E-state index in [0.29, 0.717) is 6.54 Å². The average molecular weight is 239 g/mol. The number of aryl methyl sites for hydroxylation is 1. The monoisotopic (exact) mass is 239 g/mol. The van der Waals surface area contributed by atoms with Crippen molar-refractivity contribution in [2.24, 2.45) is 5.84 Å². The number of carbonyl (C=O) groups is 2. The molecule has 1 aromatic heterocycles. The van der Waals surface area contributed by atoms with E-state index < -0.39 is 0 Å². The number of nitrogens with two attached hydrogens (primary N) is 1. The van der Waals surface area contributed by atoms with Gasteiger partial charge < -0.3 is 9.88 Å². The first-order valence-corrected chi connectivity index (χ1v) is 5.44. The van der Waals surface area contributed by atoms with E-state index in [1.54, 1.807) is 12.5 Å². The van der Waals surface area contributed by atoms with E-state index in [4.69, 9.17) is 5.84 Å². The Bertz CT molecular complexity index is 350. The van der Waals surface area contributed by atoms with Crippen LogP contribution in [0.4, 0.5) is 0 Å². The second-order valence-corrected chi connectivity index (χ2v) is 3.57. The van der Waals surface area contributed by atoms with Gasteiger partial charge in [-0.05, 0) is 6.42 Å². The van der Waals surface area contributed by atoms with Crippen LogP contribution in [-0.2, 0) is 16.1 Å². The minimum absolute atomic E-state index is 0.115. The summed E-state index contributed by atoms with van der Waals surface area (Å²) in [6.45, 7) is 1.39. The first-order chi connectivity index (χ1) is 8.22. The van der Waals surface area contributed by atoms with Gasteiger partial charge in [0.2, 0.25) is 11.8 Å². The van der Waals surface area contributed by atoms with Gasteiger partial charge in [0.05, 0.1) is 6.33 Å². The summed E-state index contributed by atoms with van der Waals surface area (Å²) in [5.41, 5.74) is 1.98. The first kappa shape index (κ1) is 13.2. The van der Waals surface area contributed by atoms with Gasteiger partial charge in [0.25, 0.3) is 0 Å². The summed E-state index contributed by atoms with van der Waals surface area (Å²) in [6, 6.07) is 0. The third kappa shape index (κ3) is 5.67. The van der Waals surface area contributed by atoms with Crippen LogP contribution in [0, 0.1) is 0 Å². The molecule has 7 nitrogen and oxygen atoms in total. The number of amides is 2. The van der Waals surface area contributed by atoms with Crippen LogP contribution in [0.3, 0.4) is 0 Å². The molecule has 0 saturated heterocycles. The van der Waals surface area contributed by atoms with Crippen LogP contribution in [0.1, 0.15) is 19.3 Å². The van der Waals surface area contributed by atoms with Crippen LogP contribution < -0.4 is 16.6 Å². The molecule has 0 fully saturated rings. The zero-order chi connectivity index (χ0) is 12.5. The lowest BCUT2D eigenvalue weighted by Crippen LogP contribution is -2.32. The standard InChI is InChI=1S/C10H17N5O2/c11-14-10(17)3-2-9(16)13-4-1-6-15-7-5-12-8-15/h5,7-8H,1-4,6,11H2,(H,13,16)(H,14,17). The molecule has 4 N–H and O–H groups in total. The van der Waals surface area contributed by atoms with E-state index >= 15 is 0 Å². The van der Waals surface area contributed by atoms with Gasteiger partial charge in [0.1, 0.15) is 0 Å². The molecular weight excluding hydrogens is 222 g/mol. The number of nitrogens with one attached hydrogen (secondary N) is 2. The Hall–Kier alpha value is -1.89. The van der Waals surface area contributed by atoms with Gasteiger partial charge in [-0.25, -0.2) is 10.8 Å². The molecular formula is C10H17N5O2. The van der Waals surface area contributed by atoms with Crippen molar-refractivity contribution < 1.29 is 9.59 Å². The van der Waals surface area contributed by atoms with Crippen LogP contribution >= 0.6 is 0 Å². The maximum absolute atomic E-state index is 11.3. The van der Waals surface area contributed by atoms with E-state index in [1.807, 2.05) is 16.2 Å². The fourth-order valence-electron chi connectivity index (χ4n) is 1.30. The third-order valence-electron chi connectivity index (χ3n) is 2.21. The molecule has 0 spiro atoms. The second kappa shape index (κ2) is 7.39. The summed E-state index contributed by atoms with van der Waals surface area (Å²) in [7, 11) is 0. The van der Waals surface area contributed by atoms with Crippen LogP contribution in [0.5, 0.6) is 0 Å². The lowest BCUT2D eigenvalue weighted by Gasteiger charge is -2.05. The number of nitrogens with zero attached hydrogens (tertiary/aromatic N) is 2. The Morgan fingerprint density at radius 3 is 2.71 bits per heavy atom. The van der Waals surface area contributed by atoms with Gasteiger partial charge in [-0.15, -0.1) is 0 Å². The normalized spacial score (nSPS) is 9.94. The van der Waals surface area contributed by atoms with E-state index in [0.717, 1.165) is 13.0 Å². The lowest BCUT2D eigenvalue weighted by atomic mass is 10.3. The Labute approximate surface area is 99.4 Å². The van der Waals surface area contributed by atoms with Crippen molar-refractivity contribution in [2.45, 2.75) is 25.8 Å². The molecule has 0 atom stereocenters. The van der Waals surface area contributed by atoms with Crippen LogP contribution in [0.25, 0.3) is 0 Å². The number of carbonyl (C=O) groups excluding carboxylic acids is 2. The largest absolute Gasteiger partial charge is 0.356 e. The van der Waals surface area contributed by atoms with E-state index in [-0.39, 0.29) is 24.7 Å². The molecule has 0 aliphatic carbocycles. The fourth-order valence-corrected chi connectivity index (χ4v) is 1.30. The van der Waals surface area contributed by atoms with Gasteiger partial charge in [-0.1, -0.05) is 0 Å². The topological polar surface area (TPSA) is 102 Å². The summed E-state index contributed by atoms with van der Waals surface area (Å²) in [5, 5.41) is 2.73. The Kier molecular flexibility index (Phi) is 5.73. The smallest absolute Gasteiger partial charge is 0.234 e. The van der Waals surface area contributed by atoms with E-state index in [2.05, 4.69) is 10.3 Å². The maximum Gasteiger partial charge on any atom is 0.234 e. The minimum Gasteiger partial charge on any atom is -0.356 e. The Morgan fingerprint density at radius 1 is 1.29 bits per heavy atom. The second-order valence-electron chi connectivity index (χ2n) is 3.57. The summed E-state index contributed by atoms with van der Waals surface area (Å²) < 4.78 is 1.94. The zero-order valence-corrected chi connectivity index (χ0v) is 9.56. The maximum atomic E-state index is 11.3. The average Bonchev–Trinajstić information content (AvgIpc) is 2.84. The van der Waals surface area contributed by atoms with Crippen LogP contribution in [-0.4, -0.2) is 27.9 Å². The highest BCUT2D eigenvalue weighted by Crippen LogP contribution is 1.91. The van der Waals surface area contributed by atoms with Crippen molar-refractivity contribution in [3.05, 3.63) is 18.7 Å². The van der Waals surface area contributed by atoms with Crippen molar-refractivity contribution >= 4 is 11.8 Å². The molecule has 2 amide bonds. The number of hydrogen-bond acceptors (Lipinski definition) is 4. The molecule has 1 rings (SSSR count). The fraction of sp³-hybridized carbons (Fsp3) is 0.500. The number of imidazole rings is 1. The molecule has 0 saturated carbocycles. The minimum atomic E-state index is -0.335. The molecule has 1 heterocycles. The molecule has 0 bridgehead atoms. The molecule has 0 aliphatic rings. The first-order valence-electron chi connectivity index (χ1n) is 5.44. The molecule has 0 unspecified atom stereocenters. The van der Waals surface area contributed by atoms with Crippen molar-refractivity contribution in [3.63, 3.8) is 0 Å². The SMILES string of the molecule is NNC(=O)CCC(=O)NCCCn1ccnc1. The van der Waals surface area contributed by atoms with Crippen molar-refractivity contribution in [1.82, 2.24) is 20.3 Å². The van der Waals surface area contributed by atoms with Gasteiger partial charge >= 0.3 is 0 Å². The summed E-state index contributed by atoms with van der Waals surface area (Å²) in [6.07, 6.45) is 6.41. The van der Waals surface area contributed by atoms with Crippen molar-refractivity contribution in [1.29, 1.82) is 0 Å². The highest BCUT2D eigenvalue weighted by Gasteiger charge is 2.04. The quantitative estimate of drug-likeness (QED) is 0.250. The molecule has 94 valence electrons. The predicted molar refractivity (Wildman–Crippen MR) is 61.4 cm³/mol. The summed E-state index contributed by atoms with van der Waals surface area (Å²) in [5.74, 6) is 4.42. The molecule has 7 heteroatoms. The number of hydrazine groups is 1. The van der Waals surface area contributed by atoms with E-state index in [9.17, 15) is 9.59 Å². The van der Waals surface area contributed by atoms with Crippen molar-refractivity contribution in [2.75, 3.05) is 6.54 Å². The highest BCUT2D eigenvalue weighted by atomic mass is 16.2. The molecule has 0 radical (unpaired) electrons. The van der Waals surface area contributed by atoms with Gasteiger partial charge in [-0.3, -0.25) is 15.0 Å². The van der Waals surface area contributed by atoms with Crippen LogP contribution in [0.2, 0.25) is 0 Å². The highest BCUT2D eigenvalue weighted by molar-refractivity contribution is 5.83. The van der Waals surface area contributed by atoms with Crippen molar-refractivity contribution in [3.8, 4) is 0 Å². The summed E-state index contributed by atoms with van der Waals surface area (Å²) >= 11 is 0. The third-order valence-corrected chi connectivity index (χ3v) is 2.21.